The van der Waals surface area contributed by atoms with Crippen molar-refractivity contribution in [2.24, 2.45) is 5.92 Å². The van der Waals surface area contributed by atoms with Crippen LogP contribution in [0.5, 0.6) is 0 Å². The van der Waals surface area contributed by atoms with E-state index in [1.807, 2.05) is 13.8 Å². The van der Waals surface area contributed by atoms with Crippen LogP contribution in [0.2, 0.25) is 0 Å². The Morgan fingerprint density at radius 2 is 1.69 bits per heavy atom. The number of hydrogen-bond donors (Lipinski definition) is 2. The van der Waals surface area contributed by atoms with Crippen molar-refractivity contribution < 1.29 is 14.4 Å². The maximum atomic E-state index is 12.6. The third-order valence-electron chi connectivity index (χ3n) is 4.59. The van der Waals surface area contributed by atoms with Crippen molar-refractivity contribution in [1.82, 2.24) is 10.2 Å². The zero-order valence-corrected chi connectivity index (χ0v) is 15.7. The van der Waals surface area contributed by atoms with E-state index in [2.05, 4.69) is 10.6 Å². The van der Waals surface area contributed by atoms with E-state index in [0.29, 0.717) is 50.1 Å². The highest BCUT2D eigenvalue weighted by Crippen LogP contribution is 2.20. The average molecular weight is 359 g/mol. The lowest BCUT2D eigenvalue weighted by Gasteiger charge is -2.31. The zero-order valence-electron chi connectivity index (χ0n) is 15.7. The lowest BCUT2D eigenvalue weighted by Crippen LogP contribution is -2.43. The molecular formula is C20H29N3O3. The van der Waals surface area contributed by atoms with Gasteiger partial charge in [0, 0.05) is 43.2 Å². The molecule has 1 aliphatic heterocycles. The molecule has 1 aliphatic rings. The highest BCUT2D eigenvalue weighted by atomic mass is 16.2. The van der Waals surface area contributed by atoms with Crippen LogP contribution < -0.4 is 10.6 Å². The van der Waals surface area contributed by atoms with Crippen molar-refractivity contribution in [3.05, 3.63) is 29.8 Å². The topological polar surface area (TPSA) is 78.5 Å². The number of hydrogen-bond acceptors (Lipinski definition) is 3. The molecule has 0 radical (unpaired) electrons. The minimum Gasteiger partial charge on any atom is -0.356 e. The fraction of sp³-hybridized carbons (Fsp3) is 0.550. The summed E-state index contributed by atoms with van der Waals surface area (Å²) in [4.78, 5) is 38.1. The van der Waals surface area contributed by atoms with Gasteiger partial charge in [-0.2, -0.15) is 0 Å². The van der Waals surface area contributed by atoms with Gasteiger partial charge < -0.3 is 15.5 Å². The Bertz CT molecular complexity index is 620. The predicted molar refractivity (Wildman–Crippen MR) is 102 cm³/mol. The standard InChI is InChI=1S/C20H29N3O3/c1-3-5-18(24)22-17-8-6-16(7-9-17)20(26)23-13-10-15(11-14-23)19(25)21-12-4-2/h6-9,15H,3-5,10-14H2,1-2H3,(H,21,25)(H,22,24). The molecule has 1 aromatic rings. The molecule has 3 amide bonds. The SMILES string of the molecule is CCCNC(=O)C1CCN(C(=O)c2ccc(NC(=O)CCC)cc2)CC1. The van der Waals surface area contributed by atoms with Crippen LogP contribution in [0.4, 0.5) is 5.69 Å². The van der Waals surface area contributed by atoms with E-state index < -0.39 is 0 Å². The first-order valence-corrected chi connectivity index (χ1v) is 9.52. The summed E-state index contributed by atoms with van der Waals surface area (Å²) in [5.41, 5.74) is 1.30. The van der Waals surface area contributed by atoms with Gasteiger partial charge in [-0.25, -0.2) is 0 Å². The number of carbonyl (C=O) groups is 3. The monoisotopic (exact) mass is 359 g/mol. The van der Waals surface area contributed by atoms with Crippen molar-refractivity contribution in [2.75, 3.05) is 25.0 Å². The van der Waals surface area contributed by atoms with Crippen molar-refractivity contribution in [3.63, 3.8) is 0 Å². The smallest absolute Gasteiger partial charge is 0.253 e. The summed E-state index contributed by atoms with van der Waals surface area (Å²) < 4.78 is 0. The zero-order chi connectivity index (χ0) is 18.9. The molecular weight excluding hydrogens is 330 g/mol. The average Bonchev–Trinajstić information content (AvgIpc) is 2.66. The summed E-state index contributed by atoms with van der Waals surface area (Å²) in [7, 11) is 0. The molecule has 1 saturated heterocycles. The molecule has 1 fully saturated rings. The molecule has 6 nitrogen and oxygen atoms in total. The van der Waals surface area contributed by atoms with Gasteiger partial charge in [0.15, 0.2) is 0 Å². The molecule has 0 saturated carbocycles. The fourth-order valence-electron chi connectivity index (χ4n) is 3.07. The van der Waals surface area contributed by atoms with Gasteiger partial charge in [0.05, 0.1) is 0 Å². The van der Waals surface area contributed by atoms with Crippen LogP contribution in [0.15, 0.2) is 24.3 Å². The summed E-state index contributed by atoms with van der Waals surface area (Å²) in [5, 5.41) is 5.75. The van der Waals surface area contributed by atoms with Crippen molar-refractivity contribution in [3.8, 4) is 0 Å². The molecule has 2 N–H and O–H groups in total. The molecule has 0 unspecified atom stereocenters. The number of nitrogens with zero attached hydrogens (tertiary/aromatic N) is 1. The lowest BCUT2D eigenvalue weighted by molar-refractivity contribution is -0.126. The van der Waals surface area contributed by atoms with Gasteiger partial charge in [0.1, 0.15) is 0 Å². The van der Waals surface area contributed by atoms with E-state index in [4.69, 9.17) is 0 Å². The van der Waals surface area contributed by atoms with E-state index in [9.17, 15) is 14.4 Å². The number of amides is 3. The molecule has 0 atom stereocenters. The third-order valence-corrected chi connectivity index (χ3v) is 4.59. The van der Waals surface area contributed by atoms with Gasteiger partial charge in [0.25, 0.3) is 5.91 Å². The first-order valence-electron chi connectivity index (χ1n) is 9.52. The Morgan fingerprint density at radius 1 is 1.04 bits per heavy atom. The molecule has 0 bridgehead atoms. The van der Waals surface area contributed by atoms with Crippen molar-refractivity contribution in [2.45, 2.75) is 46.0 Å². The molecule has 1 aromatic carbocycles. The molecule has 26 heavy (non-hydrogen) atoms. The first-order chi connectivity index (χ1) is 12.5. The van der Waals surface area contributed by atoms with Crippen molar-refractivity contribution >= 4 is 23.4 Å². The van der Waals surface area contributed by atoms with Crippen LogP contribution >= 0.6 is 0 Å². The minimum atomic E-state index is -0.0242. The van der Waals surface area contributed by atoms with Crippen LogP contribution in [0.25, 0.3) is 0 Å². The van der Waals surface area contributed by atoms with Gasteiger partial charge in [-0.3, -0.25) is 14.4 Å². The lowest BCUT2D eigenvalue weighted by atomic mass is 9.95. The summed E-state index contributed by atoms with van der Waals surface area (Å²) in [6, 6.07) is 6.99. The number of carbonyl (C=O) groups excluding carboxylic acids is 3. The maximum Gasteiger partial charge on any atom is 0.253 e. The molecule has 0 aromatic heterocycles. The normalized spacial score (nSPS) is 14.8. The summed E-state index contributed by atoms with van der Waals surface area (Å²) in [6.45, 7) is 5.88. The van der Waals surface area contributed by atoms with Crippen LogP contribution in [0, 0.1) is 5.92 Å². The van der Waals surface area contributed by atoms with Gasteiger partial charge in [0.2, 0.25) is 11.8 Å². The second-order valence-electron chi connectivity index (χ2n) is 6.73. The second-order valence-corrected chi connectivity index (χ2v) is 6.73. The Labute approximate surface area is 155 Å². The summed E-state index contributed by atoms with van der Waals surface area (Å²) in [6.07, 6.45) is 3.62. The van der Waals surface area contributed by atoms with Gasteiger partial charge in [-0.1, -0.05) is 13.8 Å². The maximum absolute atomic E-state index is 12.6. The van der Waals surface area contributed by atoms with Crippen LogP contribution in [0.1, 0.15) is 56.3 Å². The molecule has 0 spiro atoms. The second kappa shape index (κ2) is 9.94. The number of piperidine rings is 1. The van der Waals surface area contributed by atoms with E-state index in [1.165, 1.54) is 0 Å². The number of rotatable bonds is 7. The van der Waals surface area contributed by atoms with Crippen molar-refractivity contribution in [1.29, 1.82) is 0 Å². The number of likely N-dealkylation sites (tertiary alicyclic amines) is 1. The molecule has 0 aliphatic carbocycles. The van der Waals surface area contributed by atoms with Gasteiger partial charge >= 0.3 is 0 Å². The van der Waals surface area contributed by atoms with E-state index in [-0.39, 0.29) is 23.6 Å². The number of benzene rings is 1. The fourth-order valence-corrected chi connectivity index (χ4v) is 3.07. The number of nitrogens with one attached hydrogen (secondary N) is 2. The minimum absolute atomic E-state index is 0.00162. The summed E-state index contributed by atoms with van der Waals surface area (Å²) >= 11 is 0. The molecule has 142 valence electrons. The molecule has 1 heterocycles. The first kappa shape index (κ1) is 19.9. The Hall–Kier alpha value is -2.37. The Kier molecular flexibility index (Phi) is 7.63. The van der Waals surface area contributed by atoms with Crippen LogP contribution in [0.3, 0.4) is 0 Å². The Balaban J connectivity index is 1.86. The van der Waals surface area contributed by atoms with E-state index in [1.54, 1.807) is 29.2 Å². The van der Waals surface area contributed by atoms with Gasteiger partial charge in [-0.05, 0) is 49.9 Å². The highest BCUT2D eigenvalue weighted by Gasteiger charge is 2.27. The quantitative estimate of drug-likeness (QED) is 0.786. The molecule has 6 heteroatoms. The van der Waals surface area contributed by atoms with E-state index >= 15 is 0 Å². The Morgan fingerprint density at radius 3 is 2.27 bits per heavy atom. The van der Waals surface area contributed by atoms with Gasteiger partial charge in [-0.15, -0.1) is 0 Å². The molecule has 2 rings (SSSR count). The third kappa shape index (κ3) is 5.58. The predicted octanol–water partition coefficient (Wildman–Crippen LogP) is 2.80. The van der Waals surface area contributed by atoms with Crippen LogP contribution in [-0.4, -0.2) is 42.3 Å². The summed E-state index contributed by atoms with van der Waals surface area (Å²) in [5.74, 6) is 0.0618. The largest absolute Gasteiger partial charge is 0.356 e. The van der Waals surface area contributed by atoms with Crippen LogP contribution in [-0.2, 0) is 9.59 Å². The number of anilines is 1. The highest BCUT2D eigenvalue weighted by molar-refractivity contribution is 5.96. The van der Waals surface area contributed by atoms with E-state index in [0.717, 1.165) is 12.8 Å².